The molecule has 0 radical (unpaired) electrons. The molecule has 25 heavy (non-hydrogen) atoms. The zero-order valence-corrected chi connectivity index (χ0v) is 14.8. The van der Waals surface area contributed by atoms with Gasteiger partial charge in [0, 0.05) is 6.20 Å². The minimum absolute atomic E-state index is 0.0173. The molecule has 1 aromatic heterocycles. The van der Waals surface area contributed by atoms with Gasteiger partial charge >= 0.3 is 5.97 Å². The number of hydrogen-bond donors (Lipinski definition) is 1. The van der Waals surface area contributed by atoms with Gasteiger partial charge in [-0.25, -0.2) is 9.78 Å². The SMILES string of the molecule is CSc1ncccc1C(=O)OCC(=O)N[C@H]1CCCc2ccccc21. The van der Waals surface area contributed by atoms with Crippen molar-refractivity contribution in [2.45, 2.75) is 30.3 Å². The van der Waals surface area contributed by atoms with E-state index in [1.165, 1.54) is 17.3 Å². The van der Waals surface area contributed by atoms with Gasteiger partial charge in [-0.1, -0.05) is 24.3 Å². The molecule has 1 N–H and O–H groups in total. The van der Waals surface area contributed by atoms with Gasteiger partial charge in [-0.05, 0) is 48.8 Å². The molecule has 0 fully saturated rings. The first kappa shape index (κ1) is 17.5. The summed E-state index contributed by atoms with van der Waals surface area (Å²) in [4.78, 5) is 28.5. The number of aromatic nitrogens is 1. The van der Waals surface area contributed by atoms with E-state index in [0.717, 1.165) is 24.8 Å². The van der Waals surface area contributed by atoms with Crippen LogP contribution in [0.3, 0.4) is 0 Å². The topological polar surface area (TPSA) is 68.3 Å². The number of thioether (sulfide) groups is 1. The third-order valence-electron chi connectivity index (χ3n) is 4.22. The van der Waals surface area contributed by atoms with E-state index >= 15 is 0 Å². The minimum Gasteiger partial charge on any atom is -0.452 e. The Morgan fingerprint density at radius 1 is 1.28 bits per heavy atom. The third-order valence-corrected chi connectivity index (χ3v) is 4.94. The van der Waals surface area contributed by atoms with Gasteiger partial charge in [-0.15, -0.1) is 11.8 Å². The summed E-state index contributed by atoms with van der Waals surface area (Å²) in [7, 11) is 0. The Morgan fingerprint density at radius 2 is 2.12 bits per heavy atom. The summed E-state index contributed by atoms with van der Waals surface area (Å²) in [6.45, 7) is -0.291. The summed E-state index contributed by atoms with van der Waals surface area (Å²) < 4.78 is 5.16. The van der Waals surface area contributed by atoms with Crippen LogP contribution in [-0.4, -0.2) is 29.7 Å². The smallest absolute Gasteiger partial charge is 0.341 e. The summed E-state index contributed by atoms with van der Waals surface area (Å²) in [5.74, 6) is -0.818. The number of ether oxygens (including phenoxy) is 1. The van der Waals surface area contributed by atoms with E-state index in [-0.39, 0.29) is 18.6 Å². The number of hydrogen-bond acceptors (Lipinski definition) is 5. The van der Waals surface area contributed by atoms with Gasteiger partial charge in [-0.3, -0.25) is 4.79 Å². The Morgan fingerprint density at radius 3 is 2.96 bits per heavy atom. The Labute approximate surface area is 151 Å². The molecule has 0 saturated carbocycles. The van der Waals surface area contributed by atoms with Gasteiger partial charge in [0.25, 0.3) is 5.91 Å². The molecule has 1 aliphatic carbocycles. The lowest BCUT2D eigenvalue weighted by atomic mass is 9.88. The molecule has 0 spiro atoms. The number of nitrogens with zero attached hydrogens (tertiary/aromatic N) is 1. The zero-order chi connectivity index (χ0) is 17.6. The lowest BCUT2D eigenvalue weighted by Crippen LogP contribution is -2.34. The van der Waals surface area contributed by atoms with Crippen molar-refractivity contribution >= 4 is 23.6 Å². The lowest BCUT2D eigenvalue weighted by molar-refractivity contribution is -0.125. The predicted molar refractivity (Wildman–Crippen MR) is 96.6 cm³/mol. The molecule has 0 saturated heterocycles. The molecule has 3 rings (SSSR count). The molecular formula is C19H20N2O3S. The number of rotatable bonds is 5. The fourth-order valence-electron chi connectivity index (χ4n) is 3.06. The maximum atomic E-state index is 12.2. The molecule has 0 aliphatic heterocycles. The molecule has 130 valence electrons. The number of nitrogens with one attached hydrogen (secondary N) is 1. The number of amides is 1. The van der Waals surface area contributed by atoms with Crippen molar-refractivity contribution in [3.8, 4) is 0 Å². The predicted octanol–water partition coefficient (Wildman–Crippen LogP) is 3.15. The number of carbonyl (C=O) groups excluding carboxylic acids is 2. The Bertz CT molecular complexity index is 779. The van der Waals surface area contributed by atoms with Gasteiger partial charge in [0.05, 0.1) is 11.6 Å². The molecular weight excluding hydrogens is 336 g/mol. The van der Waals surface area contributed by atoms with E-state index in [2.05, 4.69) is 16.4 Å². The van der Waals surface area contributed by atoms with Gasteiger partial charge in [0.2, 0.25) is 0 Å². The molecule has 6 heteroatoms. The second kappa shape index (κ2) is 8.16. The van der Waals surface area contributed by atoms with Crippen LogP contribution in [0.15, 0.2) is 47.6 Å². The molecule has 1 heterocycles. The molecule has 1 aromatic carbocycles. The fraction of sp³-hybridized carbons (Fsp3) is 0.316. The summed E-state index contributed by atoms with van der Waals surface area (Å²) in [5, 5.41) is 3.57. The van der Waals surface area contributed by atoms with Crippen LogP contribution in [0.2, 0.25) is 0 Å². The normalized spacial score (nSPS) is 16.0. The Kier molecular flexibility index (Phi) is 5.71. The number of fused-ring (bicyclic) bond motifs is 1. The van der Waals surface area contributed by atoms with Crippen LogP contribution in [0.25, 0.3) is 0 Å². The molecule has 0 bridgehead atoms. The van der Waals surface area contributed by atoms with Crippen molar-refractivity contribution in [2.75, 3.05) is 12.9 Å². The third kappa shape index (κ3) is 4.20. The second-order valence-electron chi connectivity index (χ2n) is 5.85. The number of carbonyl (C=O) groups is 2. The minimum atomic E-state index is -0.531. The van der Waals surface area contributed by atoms with Crippen LogP contribution in [0, 0.1) is 0 Å². The average Bonchev–Trinajstić information content (AvgIpc) is 2.66. The molecule has 5 nitrogen and oxygen atoms in total. The summed E-state index contributed by atoms with van der Waals surface area (Å²) in [6, 6.07) is 11.5. The van der Waals surface area contributed by atoms with Crippen molar-refractivity contribution in [3.05, 3.63) is 59.3 Å². The quantitative estimate of drug-likeness (QED) is 0.658. The molecule has 2 aromatic rings. The van der Waals surface area contributed by atoms with E-state index < -0.39 is 5.97 Å². The largest absolute Gasteiger partial charge is 0.452 e. The molecule has 0 unspecified atom stereocenters. The van der Waals surface area contributed by atoms with Crippen molar-refractivity contribution in [1.82, 2.24) is 10.3 Å². The van der Waals surface area contributed by atoms with Gasteiger partial charge in [0.15, 0.2) is 6.61 Å². The van der Waals surface area contributed by atoms with Gasteiger partial charge in [-0.2, -0.15) is 0 Å². The van der Waals surface area contributed by atoms with Crippen LogP contribution in [0.1, 0.15) is 40.4 Å². The van der Waals surface area contributed by atoms with Gasteiger partial charge < -0.3 is 10.1 Å². The highest BCUT2D eigenvalue weighted by atomic mass is 32.2. The van der Waals surface area contributed by atoms with E-state index in [0.29, 0.717) is 10.6 Å². The van der Waals surface area contributed by atoms with Crippen molar-refractivity contribution < 1.29 is 14.3 Å². The van der Waals surface area contributed by atoms with Crippen LogP contribution in [0.4, 0.5) is 0 Å². The summed E-state index contributed by atoms with van der Waals surface area (Å²) >= 11 is 1.37. The number of pyridine rings is 1. The highest BCUT2D eigenvalue weighted by Crippen LogP contribution is 2.29. The number of esters is 1. The Balaban J connectivity index is 1.58. The van der Waals surface area contributed by atoms with E-state index in [9.17, 15) is 9.59 Å². The lowest BCUT2D eigenvalue weighted by Gasteiger charge is -2.26. The van der Waals surface area contributed by atoms with E-state index in [1.807, 2.05) is 24.5 Å². The van der Waals surface area contributed by atoms with Crippen LogP contribution in [0.5, 0.6) is 0 Å². The zero-order valence-electron chi connectivity index (χ0n) is 14.0. The standard InChI is InChI=1S/C19H20N2O3S/c1-25-18-15(9-5-11-20-18)19(23)24-12-17(22)21-16-10-4-7-13-6-2-3-8-14(13)16/h2-3,5-6,8-9,11,16H,4,7,10,12H2,1H3,(H,21,22)/t16-/m0/s1. The molecule has 1 atom stereocenters. The second-order valence-corrected chi connectivity index (χ2v) is 6.64. The summed E-state index contributed by atoms with van der Waals surface area (Å²) in [6.07, 6.45) is 6.43. The van der Waals surface area contributed by atoms with Crippen molar-refractivity contribution in [1.29, 1.82) is 0 Å². The number of aryl methyl sites for hydroxylation is 1. The fourth-order valence-corrected chi connectivity index (χ4v) is 3.60. The van der Waals surface area contributed by atoms with E-state index in [4.69, 9.17) is 4.74 Å². The summed E-state index contributed by atoms with van der Waals surface area (Å²) in [5.41, 5.74) is 2.81. The first-order valence-corrected chi connectivity index (χ1v) is 9.45. The monoisotopic (exact) mass is 356 g/mol. The highest BCUT2D eigenvalue weighted by molar-refractivity contribution is 7.98. The maximum absolute atomic E-state index is 12.2. The molecule has 1 amide bonds. The average molecular weight is 356 g/mol. The Hall–Kier alpha value is -2.34. The van der Waals surface area contributed by atoms with Crippen molar-refractivity contribution in [2.24, 2.45) is 0 Å². The van der Waals surface area contributed by atoms with Crippen molar-refractivity contribution in [3.63, 3.8) is 0 Å². The first-order chi connectivity index (χ1) is 12.2. The highest BCUT2D eigenvalue weighted by Gasteiger charge is 2.22. The molecule has 1 aliphatic rings. The van der Waals surface area contributed by atoms with Crippen LogP contribution >= 0.6 is 11.8 Å². The van der Waals surface area contributed by atoms with E-state index in [1.54, 1.807) is 18.3 Å². The first-order valence-electron chi connectivity index (χ1n) is 8.22. The van der Waals surface area contributed by atoms with Crippen LogP contribution < -0.4 is 5.32 Å². The maximum Gasteiger partial charge on any atom is 0.341 e. The number of benzene rings is 1. The van der Waals surface area contributed by atoms with Gasteiger partial charge in [0.1, 0.15) is 5.03 Å². The van der Waals surface area contributed by atoms with Crippen LogP contribution in [-0.2, 0) is 16.0 Å².